The van der Waals surface area contributed by atoms with E-state index in [1.54, 1.807) is 13.0 Å². The van der Waals surface area contributed by atoms with Crippen LogP contribution in [0.15, 0.2) is 60.7 Å². The van der Waals surface area contributed by atoms with Gasteiger partial charge in [-0.05, 0) is 32.0 Å². The monoisotopic (exact) mass is 345 g/mol. The molecule has 2 aromatic heterocycles. The van der Waals surface area contributed by atoms with Crippen LogP contribution in [-0.4, -0.2) is 27.3 Å². The lowest BCUT2D eigenvalue weighted by Crippen LogP contribution is -2.05. The number of nitrogens with one attached hydrogen (secondary N) is 1. The molecular formula is C21H19N3O2. The minimum absolute atomic E-state index is 0.338. The van der Waals surface area contributed by atoms with E-state index in [9.17, 15) is 4.79 Å². The lowest BCUT2D eigenvalue weighted by Gasteiger charge is -2.08. The normalized spacial score (nSPS) is 11.0. The number of aromatic nitrogens is 3. The molecule has 0 aliphatic carbocycles. The molecule has 4 aromatic rings. The summed E-state index contributed by atoms with van der Waals surface area (Å²) in [5, 5.41) is 4.72. The maximum absolute atomic E-state index is 12.1. The minimum Gasteiger partial charge on any atom is -0.461 e. The van der Waals surface area contributed by atoms with Crippen LogP contribution in [0, 0.1) is 6.92 Å². The van der Waals surface area contributed by atoms with Crippen molar-refractivity contribution in [3.63, 3.8) is 0 Å². The lowest BCUT2D eigenvalue weighted by molar-refractivity contribution is 0.0520. The summed E-state index contributed by atoms with van der Waals surface area (Å²) in [4.78, 5) is 15.3. The molecule has 26 heavy (non-hydrogen) atoms. The highest BCUT2D eigenvalue weighted by Crippen LogP contribution is 2.31. The van der Waals surface area contributed by atoms with Crippen LogP contribution in [0.2, 0.25) is 0 Å². The molecule has 2 heterocycles. The highest BCUT2D eigenvalue weighted by atomic mass is 16.5. The SMILES string of the molecule is CCOC(=O)c1cc2nn(-c3ccccc3)c(-c3ccc(C)cc3)c2[nH]1. The molecular weight excluding hydrogens is 326 g/mol. The number of H-pyrrole nitrogens is 1. The minimum atomic E-state index is -0.369. The fourth-order valence-corrected chi connectivity index (χ4v) is 3.02. The number of nitrogens with zero attached hydrogens (tertiary/aromatic N) is 2. The van der Waals surface area contributed by atoms with Gasteiger partial charge in [0.05, 0.1) is 23.5 Å². The smallest absolute Gasteiger partial charge is 0.354 e. The molecule has 0 radical (unpaired) electrons. The van der Waals surface area contributed by atoms with Crippen molar-refractivity contribution in [1.82, 2.24) is 14.8 Å². The second-order valence-electron chi connectivity index (χ2n) is 6.13. The number of carbonyl (C=O) groups excluding carboxylic acids is 1. The van der Waals surface area contributed by atoms with E-state index in [0.29, 0.717) is 12.3 Å². The van der Waals surface area contributed by atoms with E-state index < -0.39 is 0 Å². The predicted molar refractivity (Wildman–Crippen MR) is 102 cm³/mol. The summed E-state index contributed by atoms with van der Waals surface area (Å²) in [5.74, 6) is -0.369. The van der Waals surface area contributed by atoms with E-state index in [1.807, 2.05) is 35.0 Å². The Hall–Kier alpha value is -3.34. The van der Waals surface area contributed by atoms with Gasteiger partial charge in [-0.25, -0.2) is 9.48 Å². The summed E-state index contributed by atoms with van der Waals surface area (Å²) < 4.78 is 7.00. The van der Waals surface area contributed by atoms with Gasteiger partial charge in [-0.3, -0.25) is 0 Å². The van der Waals surface area contributed by atoms with Crippen molar-refractivity contribution in [2.75, 3.05) is 6.61 Å². The first-order valence-corrected chi connectivity index (χ1v) is 8.58. The Morgan fingerprint density at radius 1 is 1.12 bits per heavy atom. The van der Waals surface area contributed by atoms with E-state index in [-0.39, 0.29) is 5.97 Å². The van der Waals surface area contributed by atoms with E-state index >= 15 is 0 Å². The van der Waals surface area contributed by atoms with Gasteiger partial charge in [0.1, 0.15) is 11.2 Å². The summed E-state index contributed by atoms with van der Waals surface area (Å²) in [6.07, 6.45) is 0. The van der Waals surface area contributed by atoms with E-state index in [2.05, 4.69) is 36.2 Å². The predicted octanol–water partition coefficient (Wildman–Crippen LogP) is 4.51. The molecule has 2 aromatic carbocycles. The standard InChI is InChI=1S/C21H19N3O2/c1-3-26-21(25)18-13-17-19(22-18)20(15-11-9-14(2)10-12-15)24(23-17)16-7-5-4-6-8-16/h4-13,22H,3H2,1-2H3. The van der Waals surface area contributed by atoms with Crippen molar-refractivity contribution in [2.45, 2.75) is 13.8 Å². The second kappa shape index (κ2) is 6.52. The average molecular weight is 345 g/mol. The van der Waals surface area contributed by atoms with Crippen molar-refractivity contribution < 1.29 is 9.53 Å². The van der Waals surface area contributed by atoms with Crippen molar-refractivity contribution in [2.24, 2.45) is 0 Å². The highest BCUT2D eigenvalue weighted by molar-refractivity contribution is 5.98. The Kier molecular flexibility index (Phi) is 4.05. The Bertz CT molecular complexity index is 1060. The lowest BCUT2D eigenvalue weighted by atomic mass is 10.1. The largest absolute Gasteiger partial charge is 0.461 e. The van der Waals surface area contributed by atoms with Crippen molar-refractivity contribution >= 4 is 17.0 Å². The number of ether oxygens (including phenoxy) is 1. The van der Waals surface area contributed by atoms with Gasteiger partial charge in [0.25, 0.3) is 0 Å². The topological polar surface area (TPSA) is 59.9 Å². The van der Waals surface area contributed by atoms with Gasteiger partial charge in [-0.15, -0.1) is 0 Å². The first-order chi connectivity index (χ1) is 12.7. The summed E-state index contributed by atoms with van der Waals surface area (Å²) in [7, 11) is 0. The maximum atomic E-state index is 12.1. The average Bonchev–Trinajstić information content (AvgIpc) is 3.21. The molecule has 0 fully saturated rings. The number of rotatable bonds is 4. The van der Waals surface area contributed by atoms with Gasteiger partial charge >= 0.3 is 5.97 Å². The van der Waals surface area contributed by atoms with Crippen LogP contribution in [-0.2, 0) is 4.74 Å². The number of para-hydroxylation sites is 1. The molecule has 5 nitrogen and oxygen atoms in total. The van der Waals surface area contributed by atoms with Crippen LogP contribution in [0.25, 0.3) is 28.0 Å². The molecule has 0 aliphatic rings. The Labute approximate surface area is 151 Å². The van der Waals surface area contributed by atoms with Gasteiger partial charge in [0.2, 0.25) is 0 Å². The molecule has 0 atom stereocenters. The fourth-order valence-electron chi connectivity index (χ4n) is 3.02. The van der Waals surface area contributed by atoms with E-state index in [1.165, 1.54) is 5.56 Å². The number of esters is 1. The first kappa shape index (κ1) is 16.1. The van der Waals surface area contributed by atoms with Crippen molar-refractivity contribution in [1.29, 1.82) is 0 Å². The molecule has 0 aliphatic heterocycles. The van der Waals surface area contributed by atoms with Crippen LogP contribution in [0.3, 0.4) is 0 Å². The quantitative estimate of drug-likeness (QED) is 0.554. The number of carbonyl (C=O) groups is 1. The van der Waals surface area contributed by atoms with Crippen molar-refractivity contribution in [3.8, 4) is 16.9 Å². The van der Waals surface area contributed by atoms with Crippen molar-refractivity contribution in [3.05, 3.63) is 71.9 Å². The highest BCUT2D eigenvalue weighted by Gasteiger charge is 2.20. The third-order valence-electron chi connectivity index (χ3n) is 4.27. The summed E-state index contributed by atoms with van der Waals surface area (Å²) in [6.45, 7) is 4.19. The molecule has 5 heteroatoms. The molecule has 0 saturated carbocycles. The number of aromatic amines is 1. The third-order valence-corrected chi connectivity index (χ3v) is 4.27. The second-order valence-corrected chi connectivity index (χ2v) is 6.13. The molecule has 4 rings (SSSR count). The molecule has 0 amide bonds. The van der Waals surface area contributed by atoms with Gasteiger partial charge < -0.3 is 9.72 Å². The van der Waals surface area contributed by atoms with Gasteiger partial charge in [0.15, 0.2) is 0 Å². The van der Waals surface area contributed by atoms with Crippen LogP contribution in [0.5, 0.6) is 0 Å². The van der Waals surface area contributed by atoms with Gasteiger partial charge in [-0.1, -0.05) is 48.0 Å². The number of aryl methyl sites for hydroxylation is 1. The molecule has 0 unspecified atom stereocenters. The van der Waals surface area contributed by atoms with Crippen LogP contribution in [0.1, 0.15) is 23.0 Å². The molecule has 0 spiro atoms. The first-order valence-electron chi connectivity index (χ1n) is 8.58. The molecule has 130 valence electrons. The fraction of sp³-hybridized carbons (Fsp3) is 0.143. The summed E-state index contributed by atoms with van der Waals surface area (Å²) >= 11 is 0. The van der Waals surface area contributed by atoms with Gasteiger partial charge in [-0.2, -0.15) is 5.10 Å². The number of benzene rings is 2. The number of fused-ring (bicyclic) bond motifs is 1. The zero-order valence-electron chi connectivity index (χ0n) is 14.7. The Morgan fingerprint density at radius 2 is 1.85 bits per heavy atom. The van der Waals surface area contributed by atoms with E-state index in [4.69, 9.17) is 9.84 Å². The summed E-state index contributed by atoms with van der Waals surface area (Å²) in [6, 6.07) is 20.0. The van der Waals surface area contributed by atoms with Gasteiger partial charge in [0, 0.05) is 5.56 Å². The third kappa shape index (κ3) is 2.77. The number of hydrogen-bond acceptors (Lipinski definition) is 3. The Morgan fingerprint density at radius 3 is 2.54 bits per heavy atom. The molecule has 0 saturated heterocycles. The number of hydrogen-bond donors (Lipinski definition) is 1. The Balaban J connectivity index is 1.93. The zero-order chi connectivity index (χ0) is 18.1. The van der Waals surface area contributed by atoms with Crippen LogP contribution < -0.4 is 0 Å². The zero-order valence-corrected chi connectivity index (χ0v) is 14.7. The van der Waals surface area contributed by atoms with Crippen LogP contribution >= 0.6 is 0 Å². The molecule has 0 bridgehead atoms. The molecule has 1 N–H and O–H groups in total. The van der Waals surface area contributed by atoms with E-state index in [0.717, 1.165) is 28.0 Å². The maximum Gasteiger partial charge on any atom is 0.354 e. The van der Waals surface area contributed by atoms with Crippen LogP contribution in [0.4, 0.5) is 0 Å². The summed E-state index contributed by atoms with van der Waals surface area (Å²) in [5.41, 5.74) is 6.06.